The van der Waals surface area contributed by atoms with E-state index in [4.69, 9.17) is 0 Å². The topological polar surface area (TPSA) is 53.6 Å². The van der Waals surface area contributed by atoms with Gasteiger partial charge in [0.15, 0.2) is 0 Å². The van der Waals surface area contributed by atoms with Crippen LogP contribution in [0.1, 0.15) is 12.5 Å². The summed E-state index contributed by atoms with van der Waals surface area (Å²) in [6, 6.07) is 12.3. The Bertz CT molecular complexity index is 587. The van der Waals surface area contributed by atoms with Crippen molar-refractivity contribution in [3.63, 3.8) is 0 Å². The van der Waals surface area contributed by atoms with Gasteiger partial charge >= 0.3 is 0 Å². The summed E-state index contributed by atoms with van der Waals surface area (Å²) >= 11 is 1.64. The monoisotopic (exact) mass is 286 g/mol. The molecule has 2 rings (SSSR count). The number of nitrogens with zero attached hydrogens (tertiary/aromatic N) is 3. The predicted molar refractivity (Wildman–Crippen MR) is 81.3 cm³/mol. The zero-order chi connectivity index (χ0) is 14.4. The molecule has 1 aromatic heterocycles. The van der Waals surface area contributed by atoms with Crippen LogP contribution >= 0.6 is 11.8 Å². The molecular weight excluding hydrogens is 268 g/mol. The van der Waals surface area contributed by atoms with E-state index in [0.717, 1.165) is 17.0 Å². The number of rotatable bonds is 6. The molecule has 0 bridgehead atoms. The van der Waals surface area contributed by atoms with Crippen LogP contribution < -0.4 is 5.32 Å². The molecule has 0 saturated carbocycles. The lowest BCUT2D eigenvalue weighted by atomic mass is 9.93. The molecule has 0 aliphatic rings. The van der Waals surface area contributed by atoms with E-state index >= 15 is 0 Å². The molecule has 0 spiro atoms. The Kier molecular flexibility index (Phi) is 4.83. The van der Waals surface area contributed by atoms with E-state index in [2.05, 4.69) is 16.5 Å². The number of aryl methyl sites for hydroxylation is 1. The van der Waals surface area contributed by atoms with Gasteiger partial charge in [-0.15, -0.1) is 11.8 Å². The van der Waals surface area contributed by atoms with Crippen LogP contribution in [0, 0.1) is 11.3 Å². The maximum Gasteiger partial charge on any atom is 0.141 e. The summed E-state index contributed by atoms with van der Waals surface area (Å²) in [5.41, 5.74) is 0.331. The standard InChI is InChI=1S/C15H18N4S/c1-3-17-15(11-16,13-7-5-4-6-8-13)12-20-14-9-18-19(2)10-14/h4-10,17H,3,12H2,1-2H3. The van der Waals surface area contributed by atoms with Gasteiger partial charge in [0.25, 0.3) is 0 Å². The van der Waals surface area contributed by atoms with Crippen molar-refractivity contribution < 1.29 is 0 Å². The largest absolute Gasteiger partial charge is 0.295 e. The number of nitriles is 1. The smallest absolute Gasteiger partial charge is 0.141 e. The average Bonchev–Trinajstić information content (AvgIpc) is 2.90. The Morgan fingerprint density at radius 3 is 2.70 bits per heavy atom. The minimum atomic E-state index is -0.670. The fourth-order valence-corrected chi connectivity index (χ4v) is 3.13. The van der Waals surface area contributed by atoms with Gasteiger partial charge in [-0.25, -0.2) is 0 Å². The van der Waals surface area contributed by atoms with Crippen molar-refractivity contribution in [3.05, 3.63) is 48.3 Å². The molecule has 1 heterocycles. The van der Waals surface area contributed by atoms with Gasteiger partial charge in [-0.05, 0) is 12.1 Å². The molecule has 1 N–H and O–H groups in total. The van der Waals surface area contributed by atoms with E-state index < -0.39 is 5.54 Å². The van der Waals surface area contributed by atoms with Gasteiger partial charge in [0.1, 0.15) is 5.54 Å². The highest BCUT2D eigenvalue weighted by molar-refractivity contribution is 7.99. The number of aromatic nitrogens is 2. The van der Waals surface area contributed by atoms with Crippen LogP contribution in [0.4, 0.5) is 0 Å². The molecule has 1 atom stereocenters. The Morgan fingerprint density at radius 2 is 2.15 bits per heavy atom. The van der Waals surface area contributed by atoms with Gasteiger partial charge in [0.05, 0.1) is 12.3 Å². The van der Waals surface area contributed by atoms with Crippen LogP contribution in [-0.2, 0) is 12.6 Å². The first-order valence-corrected chi connectivity index (χ1v) is 7.52. The van der Waals surface area contributed by atoms with Crippen LogP contribution in [0.5, 0.6) is 0 Å². The molecular formula is C15H18N4S. The van der Waals surface area contributed by atoms with Gasteiger partial charge < -0.3 is 0 Å². The predicted octanol–water partition coefficient (Wildman–Crippen LogP) is 2.54. The summed E-state index contributed by atoms with van der Waals surface area (Å²) in [5, 5.41) is 17.2. The first-order chi connectivity index (χ1) is 9.70. The molecule has 1 aromatic carbocycles. The van der Waals surface area contributed by atoms with Crippen molar-refractivity contribution in [2.24, 2.45) is 7.05 Å². The molecule has 1 unspecified atom stereocenters. The molecule has 0 fully saturated rings. The summed E-state index contributed by atoms with van der Waals surface area (Å²) in [5.74, 6) is 0.646. The van der Waals surface area contributed by atoms with Crippen LogP contribution in [0.3, 0.4) is 0 Å². The Hall–Kier alpha value is -1.77. The van der Waals surface area contributed by atoms with Crippen molar-refractivity contribution in [1.29, 1.82) is 5.26 Å². The summed E-state index contributed by atoms with van der Waals surface area (Å²) < 4.78 is 1.77. The third-order valence-electron chi connectivity index (χ3n) is 3.07. The number of hydrogen-bond acceptors (Lipinski definition) is 4. The van der Waals surface area contributed by atoms with E-state index in [9.17, 15) is 5.26 Å². The lowest BCUT2D eigenvalue weighted by molar-refractivity contribution is 0.490. The molecule has 4 nitrogen and oxygen atoms in total. The fraction of sp³-hybridized carbons (Fsp3) is 0.333. The normalized spacial score (nSPS) is 13.7. The summed E-state index contributed by atoms with van der Waals surface area (Å²) in [4.78, 5) is 1.07. The molecule has 2 aromatic rings. The summed E-state index contributed by atoms with van der Waals surface area (Å²) in [6.07, 6.45) is 3.79. The Morgan fingerprint density at radius 1 is 1.40 bits per heavy atom. The molecule has 0 radical (unpaired) electrons. The quantitative estimate of drug-likeness (QED) is 0.829. The second-order valence-electron chi connectivity index (χ2n) is 4.55. The van der Waals surface area contributed by atoms with E-state index in [-0.39, 0.29) is 0 Å². The Labute approximate surface area is 123 Å². The van der Waals surface area contributed by atoms with Crippen LogP contribution in [0.25, 0.3) is 0 Å². The highest BCUT2D eigenvalue weighted by Crippen LogP contribution is 2.29. The molecule has 0 saturated heterocycles. The third-order valence-corrected chi connectivity index (χ3v) is 4.19. The van der Waals surface area contributed by atoms with Gasteiger partial charge in [-0.1, -0.05) is 37.3 Å². The third kappa shape index (κ3) is 3.21. The second-order valence-corrected chi connectivity index (χ2v) is 5.60. The minimum Gasteiger partial charge on any atom is -0.295 e. The number of hydrogen-bond donors (Lipinski definition) is 1. The van der Waals surface area contributed by atoms with Gasteiger partial charge in [-0.3, -0.25) is 10.00 Å². The lowest BCUT2D eigenvalue weighted by Gasteiger charge is -2.27. The minimum absolute atomic E-state index is 0.646. The zero-order valence-electron chi connectivity index (χ0n) is 11.7. The molecule has 0 amide bonds. The summed E-state index contributed by atoms with van der Waals surface area (Å²) in [7, 11) is 1.89. The maximum absolute atomic E-state index is 9.70. The first-order valence-electron chi connectivity index (χ1n) is 6.53. The average molecular weight is 286 g/mol. The number of nitrogens with one attached hydrogen (secondary N) is 1. The van der Waals surface area contributed by atoms with Crippen molar-refractivity contribution >= 4 is 11.8 Å². The van der Waals surface area contributed by atoms with E-state index in [1.54, 1.807) is 16.4 Å². The van der Waals surface area contributed by atoms with Crippen molar-refractivity contribution in [3.8, 4) is 6.07 Å². The lowest BCUT2D eigenvalue weighted by Crippen LogP contribution is -2.43. The SMILES string of the molecule is CCNC(C#N)(CSc1cnn(C)c1)c1ccccc1. The van der Waals surface area contributed by atoms with Crippen LogP contribution in [-0.4, -0.2) is 22.1 Å². The van der Waals surface area contributed by atoms with Gasteiger partial charge in [-0.2, -0.15) is 10.4 Å². The van der Waals surface area contributed by atoms with Gasteiger partial charge in [0.2, 0.25) is 0 Å². The highest BCUT2D eigenvalue weighted by atomic mass is 32.2. The number of benzene rings is 1. The van der Waals surface area contributed by atoms with Crippen molar-refractivity contribution in [1.82, 2.24) is 15.1 Å². The van der Waals surface area contributed by atoms with Crippen molar-refractivity contribution in [2.45, 2.75) is 17.4 Å². The zero-order valence-corrected chi connectivity index (χ0v) is 12.5. The maximum atomic E-state index is 9.70. The highest BCUT2D eigenvalue weighted by Gasteiger charge is 2.31. The molecule has 0 aliphatic carbocycles. The summed E-state index contributed by atoms with van der Waals surface area (Å²) in [6.45, 7) is 2.76. The van der Waals surface area contributed by atoms with Crippen LogP contribution in [0.15, 0.2) is 47.6 Å². The van der Waals surface area contributed by atoms with E-state index in [0.29, 0.717) is 5.75 Å². The van der Waals surface area contributed by atoms with Gasteiger partial charge in [0, 0.05) is 23.9 Å². The number of thioether (sulfide) groups is 1. The Balaban J connectivity index is 2.21. The second kappa shape index (κ2) is 6.60. The van der Waals surface area contributed by atoms with E-state index in [1.807, 2.05) is 56.7 Å². The van der Waals surface area contributed by atoms with E-state index in [1.165, 1.54) is 0 Å². The molecule has 0 aliphatic heterocycles. The molecule has 104 valence electrons. The van der Waals surface area contributed by atoms with Crippen molar-refractivity contribution in [2.75, 3.05) is 12.3 Å². The first kappa shape index (κ1) is 14.6. The van der Waals surface area contributed by atoms with Crippen LogP contribution in [0.2, 0.25) is 0 Å². The molecule has 20 heavy (non-hydrogen) atoms. The fourth-order valence-electron chi connectivity index (χ4n) is 2.06. The molecule has 5 heteroatoms.